The van der Waals surface area contributed by atoms with Gasteiger partial charge in [0, 0.05) is 10.9 Å². The fourth-order valence-electron chi connectivity index (χ4n) is 0.944. The number of anilines is 1. The van der Waals surface area contributed by atoms with Crippen LogP contribution >= 0.6 is 34.5 Å². The number of nitrogens with zero attached hydrogens (tertiary/aromatic N) is 3. The fraction of sp³-hybridized carbons (Fsp3) is 0. The Hall–Kier alpha value is -0.910. The summed E-state index contributed by atoms with van der Waals surface area (Å²) in [5.74, 6) is 0. The van der Waals surface area contributed by atoms with Crippen LogP contribution in [-0.2, 0) is 0 Å². The van der Waals surface area contributed by atoms with Gasteiger partial charge in [0.25, 0.3) is 0 Å². The summed E-state index contributed by atoms with van der Waals surface area (Å²) in [5.41, 5.74) is 6.80. The number of nitrogen functional groups attached to an aromatic ring is 1. The number of thiazole rings is 1. The van der Waals surface area contributed by atoms with E-state index in [2.05, 4.69) is 15.2 Å². The van der Waals surface area contributed by atoms with E-state index in [1.54, 1.807) is 11.4 Å². The highest BCUT2D eigenvalue weighted by Gasteiger charge is 2.09. The van der Waals surface area contributed by atoms with Gasteiger partial charge in [-0.05, 0) is 6.07 Å². The number of aromatic nitrogens is 3. The second kappa shape index (κ2) is 3.68. The van der Waals surface area contributed by atoms with Crippen molar-refractivity contribution in [3.63, 3.8) is 0 Å². The molecular weight excluding hydrogens is 243 g/mol. The fourth-order valence-corrected chi connectivity index (χ4v) is 1.84. The Morgan fingerprint density at radius 1 is 1.29 bits per heavy atom. The predicted octanol–water partition coefficient (Wildman–Crippen LogP) is 2.49. The first-order chi connectivity index (χ1) is 6.66. The molecule has 0 saturated heterocycles. The summed E-state index contributed by atoms with van der Waals surface area (Å²) < 4.78 is 0. The van der Waals surface area contributed by atoms with Crippen molar-refractivity contribution in [2.24, 2.45) is 0 Å². The third-order valence-electron chi connectivity index (χ3n) is 1.52. The number of hydrogen-bond donors (Lipinski definition) is 1. The first kappa shape index (κ1) is 9.64. The Morgan fingerprint density at radius 3 is 2.71 bits per heavy atom. The Morgan fingerprint density at radius 2 is 2.07 bits per heavy atom. The summed E-state index contributed by atoms with van der Waals surface area (Å²) in [4.78, 5) is 4.07. The molecule has 7 heteroatoms. The lowest BCUT2D eigenvalue weighted by Gasteiger charge is -1.98. The van der Waals surface area contributed by atoms with Crippen LogP contribution in [0.15, 0.2) is 11.4 Å². The number of halogens is 2. The van der Waals surface area contributed by atoms with Crippen LogP contribution in [0.2, 0.25) is 10.3 Å². The van der Waals surface area contributed by atoms with Crippen LogP contribution in [0.1, 0.15) is 0 Å². The Balaban J connectivity index is 2.55. The molecule has 72 valence electrons. The molecule has 2 N–H and O–H groups in total. The summed E-state index contributed by atoms with van der Waals surface area (Å²) >= 11 is 12.8. The summed E-state index contributed by atoms with van der Waals surface area (Å²) in [6.45, 7) is 0. The maximum atomic E-state index is 5.83. The monoisotopic (exact) mass is 246 g/mol. The average Bonchev–Trinajstić information content (AvgIpc) is 2.56. The van der Waals surface area contributed by atoms with E-state index in [1.807, 2.05) is 0 Å². The van der Waals surface area contributed by atoms with Crippen LogP contribution in [0.5, 0.6) is 0 Å². The minimum absolute atomic E-state index is 0.264. The van der Waals surface area contributed by atoms with Crippen molar-refractivity contribution in [3.8, 4) is 11.3 Å². The molecular formula is C7H4Cl2N4S. The van der Waals surface area contributed by atoms with Crippen molar-refractivity contribution >= 4 is 39.7 Å². The van der Waals surface area contributed by atoms with E-state index in [0.29, 0.717) is 16.4 Å². The van der Waals surface area contributed by atoms with Crippen molar-refractivity contribution in [1.82, 2.24) is 15.2 Å². The van der Waals surface area contributed by atoms with Gasteiger partial charge in [-0.25, -0.2) is 4.98 Å². The van der Waals surface area contributed by atoms with Gasteiger partial charge in [-0.2, -0.15) is 0 Å². The van der Waals surface area contributed by atoms with Gasteiger partial charge in [-0.3, -0.25) is 0 Å². The van der Waals surface area contributed by atoms with E-state index in [9.17, 15) is 0 Å². The van der Waals surface area contributed by atoms with Crippen LogP contribution in [-0.4, -0.2) is 15.2 Å². The second-order valence-electron chi connectivity index (χ2n) is 2.44. The Kier molecular flexibility index (Phi) is 2.54. The molecule has 0 amide bonds. The van der Waals surface area contributed by atoms with Crippen LogP contribution in [0.25, 0.3) is 11.3 Å². The molecule has 14 heavy (non-hydrogen) atoms. The smallest absolute Gasteiger partial charge is 0.180 e. The molecule has 0 aromatic carbocycles. The maximum absolute atomic E-state index is 5.83. The van der Waals surface area contributed by atoms with Crippen LogP contribution < -0.4 is 5.73 Å². The molecule has 2 heterocycles. The van der Waals surface area contributed by atoms with E-state index in [-0.39, 0.29) is 10.3 Å². The lowest BCUT2D eigenvalue weighted by Crippen LogP contribution is -1.89. The first-order valence-electron chi connectivity index (χ1n) is 3.57. The van der Waals surface area contributed by atoms with Crippen molar-refractivity contribution in [2.45, 2.75) is 0 Å². The molecule has 0 aliphatic rings. The van der Waals surface area contributed by atoms with E-state index >= 15 is 0 Å². The topological polar surface area (TPSA) is 64.7 Å². The molecule has 2 aromatic rings. The zero-order valence-corrected chi connectivity index (χ0v) is 9.07. The number of hydrogen-bond acceptors (Lipinski definition) is 5. The van der Waals surface area contributed by atoms with E-state index in [1.165, 1.54) is 11.3 Å². The molecule has 0 radical (unpaired) electrons. The van der Waals surface area contributed by atoms with Gasteiger partial charge >= 0.3 is 0 Å². The number of rotatable bonds is 1. The molecule has 0 aliphatic carbocycles. The van der Waals surface area contributed by atoms with Crippen molar-refractivity contribution in [3.05, 3.63) is 21.8 Å². The SMILES string of the molecule is Nc1nc(-c2cc(Cl)nnc2Cl)cs1. The van der Waals surface area contributed by atoms with Gasteiger partial charge < -0.3 is 5.73 Å². The van der Waals surface area contributed by atoms with Crippen LogP contribution in [0.3, 0.4) is 0 Å². The normalized spacial score (nSPS) is 10.4. The van der Waals surface area contributed by atoms with E-state index in [4.69, 9.17) is 28.9 Å². The van der Waals surface area contributed by atoms with Crippen molar-refractivity contribution in [2.75, 3.05) is 5.73 Å². The lowest BCUT2D eigenvalue weighted by atomic mass is 10.2. The molecule has 2 aromatic heterocycles. The largest absolute Gasteiger partial charge is 0.375 e. The van der Waals surface area contributed by atoms with Crippen molar-refractivity contribution in [1.29, 1.82) is 0 Å². The van der Waals surface area contributed by atoms with Crippen LogP contribution in [0.4, 0.5) is 5.13 Å². The summed E-state index contributed by atoms with van der Waals surface area (Å²) in [6.07, 6.45) is 0. The van der Waals surface area contributed by atoms with Gasteiger partial charge in [0.05, 0.1) is 5.69 Å². The minimum Gasteiger partial charge on any atom is -0.375 e. The second-order valence-corrected chi connectivity index (χ2v) is 4.08. The number of nitrogens with two attached hydrogens (primary N) is 1. The molecule has 0 fully saturated rings. The molecule has 0 saturated carbocycles. The molecule has 0 aliphatic heterocycles. The highest BCUT2D eigenvalue weighted by atomic mass is 35.5. The molecule has 0 spiro atoms. The highest BCUT2D eigenvalue weighted by Crippen LogP contribution is 2.29. The van der Waals surface area contributed by atoms with Gasteiger partial charge in [0.2, 0.25) is 0 Å². The predicted molar refractivity (Wildman–Crippen MR) is 57.6 cm³/mol. The van der Waals surface area contributed by atoms with Crippen molar-refractivity contribution < 1.29 is 0 Å². The average molecular weight is 247 g/mol. The van der Waals surface area contributed by atoms with E-state index < -0.39 is 0 Å². The standard InChI is InChI=1S/C7H4Cl2N4S/c8-5-1-3(6(9)13-12-5)4-2-14-7(10)11-4/h1-2H,(H2,10,11). The summed E-state index contributed by atoms with van der Waals surface area (Å²) in [7, 11) is 0. The molecule has 0 bridgehead atoms. The maximum Gasteiger partial charge on any atom is 0.180 e. The summed E-state index contributed by atoms with van der Waals surface area (Å²) in [6, 6.07) is 1.60. The highest BCUT2D eigenvalue weighted by molar-refractivity contribution is 7.13. The molecule has 2 rings (SSSR count). The third kappa shape index (κ3) is 1.79. The Labute approximate surface area is 93.7 Å². The van der Waals surface area contributed by atoms with Gasteiger partial charge in [-0.1, -0.05) is 23.2 Å². The van der Waals surface area contributed by atoms with E-state index in [0.717, 1.165) is 0 Å². The molecule has 0 atom stereocenters. The first-order valence-corrected chi connectivity index (χ1v) is 5.20. The van der Waals surface area contributed by atoms with Gasteiger partial charge in [0.1, 0.15) is 0 Å². The quantitative estimate of drug-likeness (QED) is 0.840. The Bertz CT molecular complexity index is 470. The minimum atomic E-state index is 0.264. The molecule has 0 unspecified atom stereocenters. The summed E-state index contributed by atoms with van der Waals surface area (Å²) in [5, 5.41) is 10.1. The zero-order chi connectivity index (χ0) is 10.1. The zero-order valence-electron chi connectivity index (χ0n) is 6.74. The van der Waals surface area contributed by atoms with Gasteiger partial charge in [-0.15, -0.1) is 21.5 Å². The molecule has 4 nitrogen and oxygen atoms in total. The van der Waals surface area contributed by atoms with Gasteiger partial charge in [0.15, 0.2) is 15.4 Å². The lowest BCUT2D eigenvalue weighted by molar-refractivity contribution is 1.03. The third-order valence-corrected chi connectivity index (χ3v) is 2.65. The van der Waals surface area contributed by atoms with Crippen LogP contribution in [0, 0.1) is 0 Å².